The molecule has 2 heterocycles. The zero-order valence-electron chi connectivity index (χ0n) is 9.93. The van der Waals surface area contributed by atoms with Crippen molar-refractivity contribution in [2.24, 2.45) is 5.73 Å². The molecule has 0 spiro atoms. The van der Waals surface area contributed by atoms with Gasteiger partial charge in [-0.05, 0) is 31.9 Å². The van der Waals surface area contributed by atoms with Gasteiger partial charge in [-0.15, -0.1) is 0 Å². The molecule has 1 aliphatic heterocycles. The van der Waals surface area contributed by atoms with Gasteiger partial charge >= 0.3 is 0 Å². The monoisotopic (exact) mass is 231 g/mol. The van der Waals surface area contributed by atoms with E-state index in [0.717, 1.165) is 29.6 Å². The maximum absolute atomic E-state index is 6.21. The smallest absolute Gasteiger partial charge is 0.134 e. The molecule has 1 saturated heterocycles. The molecule has 0 bridgehead atoms. The van der Waals surface area contributed by atoms with Crippen LogP contribution in [0.3, 0.4) is 0 Å². The zero-order chi connectivity index (χ0) is 11.8. The van der Waals surface area contributed by atoms with Crippen molar-refractivity contribution in [1.29, 1.82) is 0 Å². The second kappa shape index (κ2) is 4.17. The molecule has 1 aromatic heterocycles. The minimum Gasteiger partial charge on any atom is -0.459 e. The molecule has 3 heteroatoms. The van der Waals surface area contributed by atoms with Gasteiger partial charge in [0.1, 0.15) is 11.3 Å². The Bertz CT molecular complexity index is 487. The highest BCUT2D eigenvalue weighted by molar-refractivity contribution is 5.77. The number of para-hydroxylation sites is 1. The molecule has 3 nitrogen and oxygen atoms in total. The summed E-state index contributed by atoms with van der Waals surface area (Å²) < 4.78 is 11.6. The second-order valence-corrected chi connectivity index (χ2v) is 4.77. The van der Waals surface area contributed by atoms with Crippen molar-refractivity contribution in [2.45, 2.75) is 38.0 Å². The Labute approximate surface area is 101 Å². The maximum Gasteiger partial charge on any atom is 0.134 e. The van der Waals surface area contributed by atoms with Crippen molar-refractivity contribution in [2.75, 3.05) is 0 Å². The minimum atomic E-state index is -0.160. The molecule has 1 fully saturated rings. The normalized spacial score (nSPS) is 26.5. The van der Waals surface area contributed by atoms with Crippen molar-refractivity contribution in [1.82, 2.24) is 0 Å². The molecule has 90 valence electrons. The van der Waals surface area contributed by atoms with Crippen LogP contribution in [0.1, 0.15) is 31.6 Å². The number of furan rings is 1. The van der Waals surface area contributed by atoms with Crippen LogP contribution >= 0.6 is 0 Å². The number of hydrogen-bond acceptors (Lipinski definition) is 3. The summed E-state index contributed by atoms with van der Waals surface area (Å²) in [4.78, 5) is 0. The van der Waals surface area contributed by atoms with Crippen LogP contribution in [-0.2, 0) is 4.74 Å². The fourth-order valence-electron chi connectivity index (χ4n) is 2.45. The van der Waals surface area contributed by atoms with Crippen LogP contribution in [0.2, 0.25) is 0 Å². The number of benzene rings is 1. The summed E-state index contributed by atoms with van der Waals surface area (Å²) >= 11 is 0. The van der Waals surface area contributed by atoms with E-state index in [1.165, 1.54) is 0 Å². The Morgan fingerprint density at radius 2 is 2.12 bits per heavy atom. The van der Waals surface area contributed by atoms with Crippen molar-refractivity contribution < 1.29 is 9.15 Å². The molecular weight excluding hydrogens is 214 g/mol. The third-order valence-corrected chi connectivity index (χ3v) is 3.44. The Hall–Kier alpha value is -1.32. The van der Waals surface area contributed by atoms with Gasteiger partial charge in [0.05, 0.1) is 18.2 Å². The number of rotatable bonds is 2. The first kappa shape index (κ1) is 10.8. The Morgan fingerprint density at radius 1 is 1.29 bits per heavy atom. The molecule has 17 heavy (non-hydrogen) atoms. The van der Waals surface area contributed by atoms with Crippen molar-refractivity contribution in [3.63, 3.8) is 0 Å². The van der Waals surface area contributed by atoms with E-state index in [1.54, 1.807) is 0 Å². The van der Waals surface area contributed by atoms with E-state index in [9.17, 15) is 0 Å². The number of ether oxygens (including phenoxy) is 1. The molecule has 1 aromatic carbocycles. The van der Waals surface area contributed by atoms with Gasteiger partial charge in [-0.2, -0.15) is 0 Å². The summed E-state index contributed by atoms with van der Waals surface area (Å²) in [6, 6.07) is 9.83. The van der Waals surface area contributed by atoms with Crippen LogP contribution in [0.4, 0.5) is 0 Å². The quantitative estimate of drug-likeness (QED) is 0.864. The Kier molecular flexibility index (Phi) is 2.65. The summed E-state index contributed by atoms with van der Waals surface area (Å²) in [6.07, 6.45) is 2.50. The molecule has 3 rings (SSSR count). The first-order valence-corrected chi connectivity index (χ1v) is 6.13. The first-order valence-electron chi connectivity index (χ1n) is 6.13. The van der Waals surface area contributed by atoms with Gasteiger partial charge in [0.15, 0.2) is 0 Å². The summed E-state index contributed by atoms with van der Waals surface area (Å²) in [7, 11) is 0. The Morgan fingerprint density at radius 3 is 2.82 bits per heavy atom. The molecule has 0 amide bonds. The molecule has 0 saturated carbocycles. The van der Waals surface area contributed by atoms with E-state index in [-0.39, 0.29) is 12.1 Å². The van der Waals surface area contributed by atoms with Crippen LogP contribution in [-0.4, -0.2) is 12.2 Å². The lowest BCUT2D eigenvalue weighted by Crippen LogP contribution is -2.25. The van der Waals surface area contributed by atoms with E-state index < -0.39 is 0 Å². The molecule has 2 N–H and O–H groups in total. The molecule has 3 unspecified atom stereocenters. The van der Waals surface area contributed by atoms with Gasteiger partial charge < -0.3 is 14.9 Å². The highest BCUT2D eigenvalue weighted by atomic mass is 16.5. The van der Waals surface area contributed by atoms with E-state index >= 15 is 0 Å². The average Bonchev–Trinajstić information content (AvgIpc) is 2.93. The SMILES string of the molecule is CC1CCC(C(N)c2cc3ccccc3o2)O1. The second-order valence-electron chi connectivity index (χ2n) is 4.77. The Balaban J connectivity index is 1.87. The van der Waals surface area contributed by atoms with E-state index in [2.05, 4.69) is 6.92 Å². The van der Waals surface area contributed by atoms with Crippen LogP contribution in [0, 0.1) is 0 Å². The third kappa shape index (κ3) is 1.96. The predicted octanol–water partition coefficient (Wildman–Crippen LogP) is 3.00. The molecule has 0 aliphatic carbocycles. The van der Waals surface area contributed by atoms with E-state index in [1.807, 2.05) is 30.3 Å². The summed E-state index contributed by atoms with van der Waals surface area (Å²) in [5.41, 5.74) is 7.10. The van der Waals surface area contributed by atoms with Crippen LogP contribution in [0.25, 0.3) is 11.0 Å². The average molecular weight is 231 g/mol. The molecule has 0 radical (unpaired) electrons. The summed E-state index contributed by atoms with van der Waals surface area (Å²) in [5, 5.41) is 1.10. The van der Waals surface area contributed by atoms with Gasteiger partial charge in [0.2, 0.25) is 0 Å². The molecule has 2 aromatic rings. The molecule has 1 aliphatic rings. The maximum atomic E-state index is 6.21. The number of hydrogen-bond donors (Lipinski definition) is 1. The van der Waals surface area contributed by atoms with E-state index in [0.29, 0.717) is 6.10 Å². The zero-order valence-corrected chi connectivity index (χ0v) is 9.93. The minimum absolute atomic E-state index is 0.0885. The van der Waals surface area contributed by atoms with Crippen LogP contribution in [0.5, 0.6) is 0 Å². The largest absolute Gasteiger partial charge is 0.459 e. The lowest BCUT2D eigenvalue weighted by Gasteiger charge is -2.16. The van der Waals surface area contributed by atoms with Crippen LogP contribution < -0.4 is 5.73 Å². The van der Waals surface area contributed by atoms with Crippen molar-refractivity contribution in [3.05, 3.63) is 36.1 Å². The fourth-order valence-corrected chi connectivity index (χ4v) is 2.45. The van der Waals surface area contributed by atoms with E-state index in [4.69, 9.17) is 14.9 Å². The van der Waals surface area contributed by atoms with Gasteiger partial charge in [0.25, 0.3) is 0 Å². The molecular formula is C14H17NO2. The third-order valence-electron chi connectivity index (χ3n) is 3.44. The van der Waals surface area contributed by atoms with Gasteiger partial charge in [-0.3, -0.25) is 0 Å². The van der Waals surface area contributed by atoms with Crippen molar-refractivity contribution in [3.8, 4) is 0 Å². The topological polar surface area (TPSA) is 48.4 Å². The predicted molar refractivity (Wildman–Crippen MR) is 66.7 cm³/mol. The fraction of sp³-hybridized carbons (Fsp3) is 0.429. The summed E-state index contributed by atoms with van der Waals surface area (Å²) in [6.45, 7) is 2.09. The van der Waals surface area contributed by atoms with Gasteiger partial charge in [-0.1, -0.05) is 18.2 Å². The standard InChI is InChI=1S/C14H17NO2/c1-9-6-7-12(16-9)14(15)13-8-10-4-2-3-5-11(10)17-13/h2-5,8-9,12,14H,6-7,15H2,1H3. The lowest BCUT2D eigenvalue weighted by atomic mass is 10.1. The molecule has 3 atom stereocenters. The van der Waals surface area contributed by atoms with Gasteiger partial charge in [-0.25, -0.2) is 0 Å². The van der Waals surface area contributed by atoms with Gasteiger partial charge in [0, 0.05) is 5.39 Å². The number of fused-ring (bicyclic) bond motifs is 1. The highest BCUT2D eigenvalue weighted by Crippen LogP contribution is 2.31. The summed E-state index contributed by atoms with van der Waals surface area (Å²) in [5.74, 6) is 0.824. The lowest BCUT2D eigenvalue weighted by molar-refractivity contribution is 0.0362. The van der Waals surface area contributed by atoms with Crippen LogP contribution in [0.15, 0.2) is 34.7 Å². The van der Waals surface area contributed by atoms with Crippen molar-refractivity contribution >= 4 is 11.0 Å². The first-order chi connectivity index (χ1) is 8.24. The number of nitrogens with two attached hydrogens (primary N) is 1. The highest BCUT2D eigenvalue weighted by Gasteiger charge is 2.30.